The van der Waals surface area contributed by atoms with Crippen LogP contribution in [0.5, 0.6) is 11.5 Å². The minimum atomic E-state index is -3.98. The molecule has 10 nitrogen and oxygen atoms in total. The summed E-state index contributed by atoms with van der Waals surface area (Å²) in [5.74, 6) is -0.151. The predicted molar refractivity (Wildman–Crippen MR) is 140 cm³/mol. The molecule has 192 valence electrons. The van der Waals surface area contributed by atoms with Gasteiger partial charge in [0.25, 0.3) is 0 Å². The van der Waals surface area contributed by atoms with E-state index in [0.717, 1.165) is 0 Å². The second-order valence-corrected chi connectivity index (χ2v) is 10.1. The van der Waals surface area contributed by atoms with E-state index in [1.54, 1.807) is 66.7 Å². The fraction of sp³-hybridized carbons (Fsp3) is 0.192. The molecule has 0 atom stereocenters. The van der Waals surface area contributed by atoms with Gasteiger partial charge in [-0.25, -0.2) is 13.4 Å². The Morgan fingerprint density at radius 3 is 2.19 bits per heavy atom. The van der Waals surface area contributed by atoms with Crippen molar-refractivity contribution in [3.05, 3.63) is 72.3 Å². The van der Waals surface area contributed by atoms with E-state index in [9.17, 15) is 18.0 Å². The van der Waals surface area contributed by atoms with Crippen LogP contribution in [0.25, 0.3) is 11.0 Å². The zero-order chi connectivity index (χ0) is 26.6. The SMILES string of the molecule is COc1cc(CS(=O)(=O)c2nc3ccccc3n2CC(=O)Nc2cccc(NC(C)=O)c2)cc(OC)c1. The molecule has 0 aliphatic rings. The van der Waals surface area contributed by atoms with E-state index in [0.29, 0.717) is 39.5 Å². The molecule has 0 radical (unpaired) electrons. The van der Waals surface area contributed by atoms with E-state index < -0.39 is 15.7 Å². The van der Waals surface area contributed by atoms with Crippen LogP contribution in [0.1, 0.15) is 12.5 Å². The van der Waals surface area contributed by atoms with Crippen LogP contribution >= 0.6 is 0 Å². The van der Waals surface area contributed by atoms with Crippen molar-refractivity contribution < 1.29 is 27.5 Å². The number of carbonyl (C=O) groups excluding carboxylic acids is 2. The standard InChI is InChI=1S/C26H26N4O6S/c1-17(31)27-19-7-6-8-20(13-19)28-25(32)15-30-24-10-5-4-9-23(24)29-26(30)37(33,34)16-18-11-21(35-2)14-22(12-18)36-3/h4-14H,15-16H2,1-3H3,(H,27,31)(H,28,32). The monoisotopic (exact) mass is 522 g/mol. The van der Waals surface area contributed by atoms with E-state index in [4.69, 9.17) is 9.47 Å². The third-order valence-corrected chi connectivity index (χ3v) is 7.02. The number of methoxy groups -OCH3 is 2. The lowest BCUT2D eigenvalue weighted by atomic mass is 10.2. The molecule has 0 saturated heterocycles. The Balaban J connectivity index is 1.65. The van der Waals surface area contributed by atoms with Gasteiger partial charge in [0.2, 0.25) is 26.8 Å². The predicted octanol–water partition coefficient (Wildman–Crippen LogP) is 3.62. The van der Waals surface area contributed by atoms with Crippen molar-refractivity contribution in [3.63, 3.8) is 0 Å². The van der Waals surface area contributed by atoms with Gasteiger partial charge in [0.1, 0.15) is 18.0 Å². The van der Waals surface area contributed by atoms with Crippen LogP contribution in [0.2, 0.25) is 0 Å². The van der Waals surface area contributed by atoms with E-state index in [1.807, 2.05) is 0 Å². The topological polar surface area (TPSA) is 129 Å². The first-order chi connectivity index (χ1) is 17.7. The van der Waals surface area contributed by atoms with E-state index >= 15 is 0 Å². The molecule has 1 aromatic heterocycles. The summed E-state index contributed by atoms with van der Waals surface area (Å²) in [4.78, 5) is 28.7. The summed E-state index contributed by atoms with van der Waals surface area (Å²) in [7, 11) is -1.02. The average Bonchev–Trinajstić information content (AvgIpc) is 3.22. The second kappa shape index (κ2) is 10.7. The van der Waals surface area contributed by atoms with Crippen molar-refractivity contribution in [2.45, 2.75) is 24.4 Å². The van der Waals surface area contributed by atoms with Gasteiger partial charge < -0.3 is 24.7 Å². The van der Waals surface area contributed by atoms with Gasteiger partial charge in [-0.1, -0.05) is 18.2 Å². The molecule has 37 heavy (non-hydrogen) atoms. The van der Waals surface area contributed by atoms with Gasteiger partial charge in [-0.05, 0) is 48.0 Å². The van der Waals surface area contributed by atoms with E-state index in [-0.39, 0.29) is 23.4 Å². The fourth-order valence-corrected chi connectivity index (χ4v) is 5.37. The molecule has 4 aromatic rings. The van der Waals surface area contributed by atoms with Crippen molar-refractivity contribution in [3.8, 4) is 11.5 Å². The van der Waals surface area contributed by atoms with Gasteiger partial charge in [0.15, 0.2) is 0 Å². The first-order valence-corrected chi connectivity index (χ1v) is 12.9. The summed E-state index contributed by atoms with van der Waals surface area (Å²) < 4.78 is 39.0. The van der Waals surface area contributed by atoms with Gasteiger partial charge >= 0.3 is 0 Å². The third kappa shape index (κ3) is 6.07. The molecular formula is C26H26N4O6S. The highest BCUT2D eigenvalue weighted by Gasteiger charge is 2.26. The highest BCUT2D eigenvalue weighted by Crippen LogP contribution is 2.27. The van der Waals surface area contributed by atoms with Crippen LogP contribution in [0, 0.1) is 0 Å². The number of hydrogen-bond acceptors (Lipinski definition) is 7. The normalized spacial score (nSPS) is 11.2. The van der Waals surface area contributed by atoms with Crippen LogP contribution in [0.3, 0.4) is 0 Å². The highest BCUT2D eigenvalue weighted by atomic mass is 32.2. The number of benzene rings is 3. The Morgan fingerprint density at radius 2 is 1.54 bits per heavy atom. The van der Waals surface area contributed by atoms with Crippen molar-refractivity contribution in [2.24, 2.45) is 0 Å². The molecule has 3 aromatic carbocycles. The fourth-order valence-electron chi connectivity index (χ4n) is 3.90. The Bertz CT molecular complexity index is 1560. The van der Waals surface area contributed by atoms with Crippen molar-refractivity contribution in [2.75, 3.05) is 24.9 Å². The smallest absolute Gasteiger partial charge is 0.244 e. The number of nitrogens with zero attached hydrogens (tertiary/aromatic N) is 2. The summed E-state index contributed by atoms with van der Waals surface area (Å²) in [6.07, 6.45) is 0. The maximum atomic E-state index is 13.5. The molecular weight excluding hydrogens is 496 g/mol. The summed E-state index contributed by atoms with van der Waals surface area (Å²) in [5, 5.41) is 5.18. The molecule has 2 N–H and O–H groups in total. The second-order valence-electron chi connectivity index (χ2n) is 8.26. The summed E-state index contributed by atoms with van der Waals surface area (Å²) in [6, 6.07) is 18.4. The number of amides is 2. The van der Waals surface area contributed by atoms with Crippen molar-refractivity contribution in [1.82, 2.24) is 9.55 Å². The highest BCUT2D eigenvalue weighted by molar-refractivity contribution is 7.90. The Kier molecular flexibility index (Phi) is 7.44. The molecule has 0 spiro atoms. The number of sulfone groups is 1. The van der Waals surface area contributed by atoms with Crippen LogP contribution in [0.15, 0.2) is 71.9 Å². The zero-order valence-electron chi connectivity index (χ0n) is 20.5. The lowest BCUT2D eigenvalue weighted by Gasteiger charge is -2.12. The number of ether oxygens (including phenoxy) is 2. The number of para-hydroxylation sites is 2. The van der Waals surface area contributed by atoms with Gasteiger partial charge in [-0.3, -0.25) is 9.59 Å². The van der Waals surface area contributed by atoms with Gasteiger partial charge in [0.05, 0.1) is 31.0 Å². The summed E-state index contributed by atoms with van der Waals surface area (Å²) in [6.45, 7) is 1.10. The minimum Gasteiger partial charge on any atom is -0.497 e. The molecule has 11 heteroatoms. The molecule has 0 saturated carbocycles. The molecule has 1 heterocycles. The summed E-state index contributed by atoms with van der Waals surface area (Å²) in [5.41, 5.74) is 2.38. The van der Waals surface area contributed by atoms with E-state index in [2.05, 4.69) is 15.6 Å². The number of aromatic nitrogens is 2. The first-order valence-electron chi connectivity index (χ1n) is 11.3. The van der Waals surface area contributed by atoms with Crippen LogP contribution in [-0.4, -0.2) is 44.0 Å². The zero-order valence-corrected chi connectivity index (χ0v) is 21.3. The van der Waals surface area contributed by atoms with Gasteiger partial charge in [0, 0.05) is 24.4 Å². The number of nitrogens with one attached hydrogen (secondary N) is 2. The number of carbonyl (C=O) groups is 2. The van der Waals surface area contributed by atoms with E-state index in [1.165, 1.54) is 25.7 Å². The molecule has 0 bridgehead atoms. The van der Waals surface area contributed by atoms with Crippen LogP contribution in [0.4, 0.5) is 11.4 Å². The maximum Gasteiger partial charge on any atom is 0.244 e. The Hall–Kier alpha value is -4.38. The Labute approximate surface area is 214 Å². The molecule has 2 amide bonds. The molecule has 0 unspecified atom stereocenters. The lowest BCUT2D eigenvalue weighted by Crippen LogP contribution is -2.22. The number of rotatable bonds is 9. The molecule has 4 rings (SSSR count). The number of imidazole rings is 1. The molecule has 0 aliphatic carbocycles. The van der Waals surface area contributed by atoms with Crippen LogP contribution in [-0.2, 0) is 31.7 Å². The quantitative estimate of drug-likeness (QED) is 0.343. The number of hydrogen-bond donors (Lipinski definition) is 2. The molecule has 0 aliphatic heterocycles. The number of anilines is 2. The Morgan fingerprint density at radius 1 is 0.892 bits per heavy atom. The van der Waals surface area contributed by atoms with Gasteiger partial charge in [-0.15, -0.1) is 0 Å². The maximum absolute atomic E-state index is 13.5. The van der Waals surface area contributed by atoms with Crippen molar-refractivity contribution >= 4 is 44.1 Å². The summed E-state index contributed by atoms with van der Waals surface area (Å²) >= 11 is 0. The lowest BCUT2D eigenvalue weighted by molar-refractivity contribution is -0.117. The number of fused-ring (bicyclic) bond motifs is 1. The average molecular weight is 523 g/mol. The van der Waals surface area contributed by atoms with Gasteiger partial charge in [-0.2, -0.15) is 0 Å². The van der Waals surface area contributed by atoms with Crippen LogP contribution < -0.4 is 20.1 Å². The van der Waals surface area contributed by atoms with Crippen molar-refractivity contribution in [1.29, 1.82) is 0 Å². The molecule has 0 fully saturated rings. The largest absolute Gasteiger partial charge is 0.497 e. The first kappa shape index (κ1) is 25.7. The minimum absolute atomic E-state index is 0.224. The third-order valence-electron chi connectivity index (χ3n) is 5.43.